The minimum absolute atomic E-state index is 0.0407. The summed E-state index contributed by atoms with van der Waals surface area (Å²) in [5, 5.41) is 15.0. The van der Waals surface area contributed by atoms with E-state index in [4.69, 9.17) is 16.3 Å². The van der Waals surface area contributed by atoms with Gasteiger partial charge in [0.25, 0.3) is 0 Å². The van der Waals surface area contributed by atoms with Crippen molar-refractivity contribution in [3.63, 3.8) is 0 Å². The summed E-state index contributed by atoms with van der Waals surface area (Å²) >= 11 is 7.36. The second-order valence-corrected chi connectivity index (χ2v) is 8.63. The van der Waals surface area contributed by atoms with Gasteiger partial charge in [-0.2, -0.15) is 0 Å². The standard InChI is InChI=1S/C21H24ClN5O2S/c22-15-5-7-17(8-6-15)29-13-21-24-16(14-30-21)12-20(28)23-10-9-19-26-25-18-4-2-1-3-11-27(18)19/h5-8,14H,1-4,9-13H2,(H,23,28). The second kappa shape index (κ2) is 10.0. The molecule has 0 aliphatic carbocycles. The minimum atomic E-state index is -0.0407. The maximum Gasteiger partial charge on any atom is 0.226 e. The molecule has 1 aromatic carbocycles. The Kier molecular flexibility index (Phi) is 6.96. The molecule has 2 aromatic heterocycles. The zero-order valence-corrected chi connectivity index (χ0v) is 18.2. The number of benzene rings is 1. The van der Waals surface area contributed by atoms with Crippen molar-refractivity contribution in [2.75, 3.05) is 6.54 Å². The van der Waals surface area contributed by atoms with Crippen molar-refractivity contribution >= 4 is 28.8 Å². The normalized spacial score (nSPS) is 13.5. The van der Waals surface area contributed by atoms with E-state index in [0.717, 1.165) is 47.5 Å². The zero-order valence-electron chi connectivity index (χ0n) is 16.6. The quantitative estimate of drug-likeness (QED) is 0.573. The van der Waals surface area contributed by atoms with Crippen LogP contribution in [0.2, 0.25) is 5.02 Å². The predicted octanol–water partition coefficient (Wildman–Crippen LogP) is 3.59. The Bertz CT molecular complexity index is 986. The number of nitrogens with zero attached hydrogens (tertiary/aromatic N) is 4. The van der Waals surface area contributed by atoms with E-state index in [1.807, 2.05) is 17.5 Å². The van der Waals surface area contributed by atoms with Gasteiger partial charge in [0.05, 0.1) is 12.1 Å². The van der Waals surface area contributed by atoms with Crippen molar-refractivity contribution < 1.29 is 9.53 Å². The molecule has 0 radical (unpaired) electrons. The molecule has 1 aliphatic rings. The van der Waals surface area contributed by atoms with Gasteiger partial charge in [0.2, 0.25) is 5.91 Å². The van der Waals surface area contributed by atoms with Crippen molar-refractivity contribution in [2.24, 2.45) is 0 Å². The summed E-state index contributed by atoms with van der Waals surface area (Å²) in [4.78, 5) is 16.8. The molecule has 0 fully saturated rings. The van der Waals surface area contributed by atoms with Gasteiger partial charge in [0.1, 0.15) is 29.0 Å². The Balaban J connectivity index is 1.21. The molecule has 4 rings (SSSR count). The van der Waals surface area contributed by atoms with E-state index in [-0.39, 0.29) is 12.3 Å². The highest BCUT2D eigenvalue weighted by Crippen LogP contribution is 2.18. The van der Waals surface area contributed by atoms with Gasteiger partial charge in [-0.05, 0) is 37.1 Å². The molecule has 1 aliphatic heterocycles. The first-order chi connectivity index (χ1) is 14.7. The smallest absolute Gasteiger partial charge is 0.226 e. The first-order valence-electron chi connectivity index (χ1n) is 10.2. The number of hydrogen-bond donors (Lipinski definition) is 1. The molecule has 158 valence electrons. The van der Waals surface area contributed by atoms with E-state index in [1.165, 1.54) is 24.2 Å². The first kappa shape index (κ1) is 20.8. The third-order valence-corrected chi connectivity index (χ3v) is 6.10. The van der Waals surface area contributed by atoms with Crippen LogP contribution in [0.5, 0.6) is 5.75 Å². The molecule has 0 saturated heterocycles. The van der Waals surface area contributed by atoms with Gasteiger partial charge in [-0.25, -0.2) is 4.98 Å². The fourth-order valence-corrected chi connectivity index (χ4v) is 4.27. The van der Waals surface area contributed by atoms with E-state index in [9.17, 15) is 4.79 Å². The van der Waals surface area contributed by atoms with Crippen LogP contribution in [0.25, 0.3) is 0 Å². The maximum atomic E-state index is 12.3. The molecule has 30 heavy (non-hydrogen) atoms. The number of thiazole rings is 1. The molecule has 0 spiro atoms. The number of carbonyl (C=O) groups is 1. The number of hydrogen-bond acceptors (Lipinski definition) is 6. The van der Waals surface area contributed by atoms with Crippen molar-refractivity contribution in [1.29, 1.82) is 0 Å². The molecule has 7 nitrogen and oxygen atoms in total. The van der Waals surface area contributed by atoms with Crippen LogP contribution in [0.3, 0.4) is 0 Å². The number of amides is 1. The highest BCUT2D eigenvalue weighted by molar-refractivity contribution is 7.09. The Morgan fingerprint density at radius 2 is 2.07 bits per heavy atom. The van der Waals surface area contributed by atoms with E-state index < -0.39 is 0 Å². The van der Waals surface area contributed by atoms with Crippen LogP contribution < -0.4 is 10.1 Å². The number of carbonyl (C=O) groups excluding carboxylic acids is 1. The molecule has 1 amide bonds. The Hall–Kier alpha value is -2.45. The van der Waals surface area contributed by atoms with Gasteiger partial charge in [0.15, 0.2) is 0 Å². The maximum absolute atomic E-state index is 12.3. The fraction of sp³-hybridized carbons (Fsp3) is 0.429. The fourth-order valence-electron chi connectivity index (χ4n) is 3.44. The third-order valence-electron chi connectivity index (χ3n) is 4.97. The summed E-state index contributed by atoms with van der Waals surface area (Å²) in [6.45, 7) is 1.89. The van der Waals surface area contributed by atoms with Crippen LogP contribution in [0, 0.1) is 0 Å². The number of aromatic nitrogens is 4. The van der Waals surface area contributed by atoms with Crippen molar-refractivity contribution in [1.82, 2.24) is 25.1 Å². The number of ether oxygens (including phenoxy) is 1. The van der Waals surface area contributed by atoms with E-state index in [0.29, 0.717) is 24.6 Å². The van der Waals surface area contributed by atoms with Gasteiger partial charge >= 0.3 is 0 Å². The van der Waals surface area contributed by atoms with Crippen molar-refractivity contribution in [3.05, 3.63) is 57.0 Å². The van der Waals surface area contributed by atoms with Gasteiger partial charge in [0, 0.05) is 36.3 Å². The van der Waals surface area contributed by atoms with Crippen molar-refractivity contribution in [3.8, 4) is 5.75 Å². The average molecular weight is 446 g/mol. The lowest BCUT2D eigenvalue weighted by Crippen LogP contribution is -2.28. The van der Waals surface area contributed by atoms with Crippen molar-refractivity contribution in [2.45, 2.75) is 51.7 Å². The third kappa shape index (κ3) is 5.58. The van der Waals surface area contributed by atoms with Gasteiger partial charge in [-0.15, -0.1) is 21.5 Å². The minimum Gasteiger partial charge on any atom is -0.486 e. The summed E-state index contributed by atoms with van der Waals surface area (Å²) in [6.07, 6.45) is 5.52. The lowest BCUT2D eigenvalue weighted by molar-refractivity contribution is -0.120. The summed E-state index contributed by atoms with van der Waals surface area (Å²) in [6, 6.07) is 7.20. The van der Waals surface area contributed by atoms with E-state index in [1.54, 1.807) is 12.1 Å². The van der Waals surface area contributed by atoms with Gasteiger partial charge in [-0.1, -0.05) is 18.0 Å². The summed E-state index contributed by atoms with van der Waals surface area (Å²) in [5.41, 5.74) is 0.753. The van der Waals surface area contributed by atoms with Crippen LogP contribution in [-0.4, -0.2) is 32.2 Å². The van der Waals surface area contributed by atoms with Gasteiger partial charge < -0.3 is 14.6 Å². The number of fused-ring (bicyclic) bond motifs is 1. The summed E-state index contributed by atoms with van der Waals surface area (Å²) in [7, 11) is 0. The topological polar surface area (TPSA) is 81.9 Å². The lowest BCUT2D eigenvalue weighted by Gasteiger charge is -2.07. The number of nitrogens with one attached hydrogen (secondary N) is 1. The molecular weight excluding hydrogens is 422 g/mol. The average Bonchev–Trinajstić information content (AvgIpc) is 3.27. The number of rotatable bonds is 8. The van der Waals surface area contributed by atoms with Gasteiger partial charge in [-0.3, -0.25) is 4.79 Å². The summed E-state index contributed by atoms with van der Waals surface area (Å²) < 4.78 is 7.91. The Labute approximate surface area is 184 Å². The van der Waals surface area contributed by atoms with Crippen LogP contribution in [-0.2, 0) is 37.2 Å². The predicted molar refractivity (Wildman–Crippen MR) is 116 cm³/mol. The monoisotopic (exact) mass is 445 g/mol. The molecule has 0 saturated carbocycles. The molecule has 3 aromatic rings. The highest BCUT2D eigenvalue weighted by Gasteiger charge is 2.15. The Morgan fingerprint density at radius 3 is 2.93 bits per heavy atom. The second-order valence-electron chi connectivity index (χ2n) is 7.25. The van der Waals surface area contributed by atoms with Crippen LogP contribution in [0.4, 0.5) is 0 Å². The lowest BCUT2D eigenvalue weighted by atomic mass is 10.2. The molecule has 9 heteroatoms. The first-order valence-corrected chi connectivity index (χ1v) is 11.4. The Morgan fingerprint density at radius 1 is 1.20 bits per heavy atom. The zero-order chi connectivity index (χ0) is 20.8. The molecule has 0 bridgehead atoms. The number of halogens is 1. The molecule has 1 N–H and O–H groups in total. The summed E-state index contributed by atoms with van der Waals surface area (Å²) in [5.74, 6) is 2.73. The van der Waals surface area contributed by atoms with Crippen LogP contribution in [0.1, 0.15) is 41.6 Å². The van der Waals surface area contributed by atoms with E-state index >= 15 is 0 Å². The van der Waals surface area contributed by atoms with E-state index in [2.05, 4.69) is 25.1 Å². The molecule has 0 atom stereocenters. The number of aryl methyl sites for hydroxylation is 1. The van der Waals surface area contributed by atoms with Crippen LogP contribution >= 0.6 is 22.9 Å². The SMILES string of the molecule is O=C(Cc1csc(COc2ccc(Cl)cc2)n1)NCCc1nnc2n1CCCCC2. The molecule has 3 heterocycles. The highest BCUT2D eigenvalue weighted by atomic mass is 35.5. The molecular formula is C21H24ClN5O2S. The largest absolute Gasteiger partial charge is 0.486 e. The van der Waals surface area contributed by atoms with Crippen LogP contribution in [0.15, 0.2) is 29.6 Å². The molecule has 0 unspecified atom stereocenters.